The molecule has 2 aromatic carbocycles. The minimum Gasteiger partial charge on any atom is -0.369 e. The number of para-hydroxylation sites is 2. The lowest BCUT2D eigenvalue weighted by atomic mass is 10.1. The van der Waals surface area contributed by atoms with E-state index < -0.39 is 0 Å². The number of nitrogens with two attached hydrogens (primary N) is 1. The van der Waals surface area contributed by atoms with E-state index >= 15 is 0 Å². The minimum absolute atomic E-state index is 0.488. The second kappa shape index (κ2) is 4.06. The van der Waals surface area contributed by atoms with E-state index in [1.165, 1.54) is 0 Å². The van der Waals surface area contributed by atoms with Gasteiger partial charge in [-0.15, -0.1) is 0 Å². The molecule has 0 aliphatic rings. The first kappa shape index (κ1) is 11.0. The van der Waals surface area contributed by atoms with Crippen molar-refractivity contribution in [3.63, 3.8) is 0 Å². The molecule has 4 nitrogen and oxygen atoms in total. The van der Waals surface area contributed by atoms with Crippen LogP contribution in [0.1, 0.15) is 0 Å². The molecule has 0 unspecified atom stereocenters. The molecule has 0 spiro atoms. The summed E-state index contributed by atoms with van der Waals surface area (Å²) in [5.41, 5.74) is 9.95. The molecule has 4 aromatic rings. The lowest BCUT2D eigenvalue weighted by molar-refractivity contribution is 1.12. The number of hydrogen-bond acceptors (Lipinski definition) is 3. The molecular weight excluding hydrogens is 248 g/mol. The van der Waals surface area contributed by atoms with Gasteiger partial charge >= 0.3 is 0 Å². The monoisotopic (exact) mass is 260 g/mol. The number of imidazole rings is 1. The lowest BCUT2D eigenvalue weighted by Crippen LogP contribution is -2.01. The smallest absolute Gasteiger partial charge is 0.205 e. The van der Waals surface area contributed by atoms with Crippen LogP contribution in [-0.4, -0.2) is 14.5 Å². The van der Waals surface area contributed by atoms with Crippen molar-refractivity contribution in [2.75, 3.05) is 5.73 Å². The van der Waals surface area contributed by atoms with Crippen LogP contribution in [0.25, 0.3) is 27.6 Å². The zero-order valence-corrected chi connectivity index (χ0v) is 10.7. The summed E-state index contributed by atoms with van der Waals surface area (Å²) in [5.74, 6) is 0.488. The molecule has 0 saturated heterocycles. The highest BCUT2D eigenvalue weighted by Crippen LogP contribution is 2.27. The van der Waals surface area contributed by atoms with Crippen LogP contribution in [0.3, 0.4) is 0 Å². The van der Waals surface area contributed by atoms with E-state index in [0.29, 0.717) is 5.95 Å². The number of anilines is 1. The Bertz CT molecular complexity index is 919. The molecule has 96 valence electrons. The third-order valence-corrected chi connectivity index (χ3v) is 3.45. The highest BCUT2D eigenvalue weighted by Gasteiger charge is 2.11. The second-order valence-electron chi connectivity index (χ2n) is 4.64. The molecule has 20 heavy (non-hydrogen) atoms. The fraction of sp³-hybridized carbons (Fsp3) is 0. The number of aromatic nitrogens is 3. The molecule has 2 aromatic heterocycles. The van der Waals surface area contributed by atoms with Crippen molar-refractivity contribution in [2.45, 2.75) is 0 Å². The second-order valence-corrected chi connectivity index (χ2v) is 4.64. The highest BCUT2D eigenvalue weighted by molar-refractivity contribution is 5.91. The fourth-order valence-corrected chi connectivity index (χ4v) is 2.58. The summed E-state index contributed by atoms with van der Waals surface area (Å²) >= 11 is 0. The Morgan fingerprint density at radius 2 is 1.70 bits per heavy atom. The van der Waals surface area contributed by atoms with Crippen molar-refractivity contribution in [1.82, 2.24) is 14.5 Å². The highest BCUT2D eigenvalue weighted by atomic mass is 15.2. The molecule has 0 saturated carbocycles. The van der Waals surface area contributed by atoms with Gasteiger partial charge in [-0.1, -0.05) is 18.2 Å². The first-order valence-electron chi connectivity index (χ1n) is 6.42. The predicted molar refractivity (Wildman–Crippen MR) is 80.8 cm³/mol. The summed E-state index contributed by atoms with van der Waals surface area (Å²) in [7, 11) is 0. The lowest BCUT2D eigenvalue weighted by Gasteiger charge is -2.09. The number of nitrogen functional groups attached to an aromatic ring is 1. The van der Waals surface area contributed by atoms with Crippen LogP contribution in [0.2, 0.25) is 0 Å². The minimum atomic E-state index is 0.488. The van der Waals surface area contributed by atoms with E-state index in [-0.39, 0.29) is 0 Å². The molecule has 2 heterocycles. The Kier molecular flexibility index (Phi) is 2.23. The number of pyridine rings is 1. The van der Waals surface area contributed by atoms with Crippen molar-refractivity contribution < 1.29 is 0 Å². The fourth-order valence-electron chi connectivity index (χ4n) is 2.58. The third-order valence-electron chi connectivity index (χ3n) is 3.45. The normalized spacial score (nSPS) is 11.2. The Labute approximate surface area is 115 Å². The van der Waals surface area contributed by atoms with Gasteiger partial charge in [0.2, 0.25) is 5.95 Å². The molecule has 0 fully saturated rings. The van der Waals surface area contributed by atoms with E-state index in [2.05, 4.69) is 9.97 Å². The molecule has 0 bridgehead atoms. The molecule has 0 aliphatic heterocycles. The molecule has 0 atom stereocenters. The van der Waals surface area contributed by atoms with Gasteiger partial charge in [0.05, 0.1) is 22.2 Å². The summed E-state index contributed by atoms with van der Waals surface area (Å²) in [6.45, 7) is 0. The zero-order valence-electron chi connectivity index (χ0n) is 10.7. The van der Waals surface area contributed by atoms with Crippen LogP contribution in [-0.2, 0) is 0 Å². The van der Waals surface area contributed by atoms with Gasteiger partial charge in [0.15, 0.2) is 0 Å². The SMILES string of the molecule is Nc1nc2ccccc2n1-c1cccc2ncccc12. The number of fused-ring (bicyclic) bond motifs is 2. The quantitative estimate of drug-likeness (QED) is 0.572. The molecule has 4 rings (SSSR count). The van der Waals surface area contributed by atoms with Crippen LogP contribution in [0.4, 0.5) is 5.95 Å². The maximum absolute atomic E-state index is 6.11. The maximum Gasteiger partial charge on any atom is 0.205 e. The van der Waals surface area contributed by atoms with Crippen LogP contribution in [0.5, 0.6) is 0 Å². The van der Waals surface area contributed by atoms with E-state index in [9.17, 15) is 0 Å². The average Bonchev–Trinajstić information content (AvgIpc) is 2.82. The van der Waals surface area contributed by atoms with Crippen molar-refractivity contribution in [1.29, 1.82) is 0 Å². The number of benzene rings is 2. The van der Waals surface area contributed by atoms with Gasteiger partial charge in [-0.3, -0.25) is 9.55 Å². The molecule has 0 amide bonds. The van der Waals surface area contributed by atoms with Gasteiger partial charge in [-0.05, 0) is 36.4 Å². The van der Waals surface area contributed by atoms with Gasteiger partial charge in [0, 0.05) is 11.6 Å². The number of hydrogen-bond donors (Lipinski definition) is 1. The standard InChI is InChI=1S/C16H12N4/c17-16-19-13-6-1-2-8-15(13)20(16)14-9-3-7-12-11(14)5-4-10-18-12/h1-10H,(H2,17,19). The van der Waals surface area contributed by atoms with Crippen molar-refractivity contribution in [3.05, 3.63) is 60.8 Å². The van der Waals surface area contributed by atoms with E-state index in [1.54, 1.807) is 6.20 Å². The van der Waals surface area contributed by atoms with Crippen LogP contribution in [0.15, 0.2) is 60.8 Å². The van der Waals surface area contributed by atoms with Gasteiger partial charge in [-0.2, -0.15) is 0 Å². The molecule has 4 heteroatoms. The van der Waals surface area contributed by atoms with E-state index in [1.807, 2.05) is 59.2 Å². The number of nitrogens with zero attached hydrogens (tertiary/aromatic N) is 3. The molecule has 2 N–H and O–H groups in total. The first-order valence-corrected chi connectivity index (χ1v) is 6.42. The largest absolute Gasteiger partial charge is 0.369 e. The summed E-state index contributed by atoms with van der Waals surface area (Å²) in [4.78, 5) is 8.80. The third kappa shape index (κ3) is 1.48. The Morgan fingerprint density at radius 1 is 0.850 bits per heavy atom. The van der Waals surface area contributed by atoms with Gasteiger partial charge in [0.1, 0.15) is 0 Å². The van der Waals surface area contributed by atoms with E-state index in [0.717, 1.165) is 27.6 Å². The van der Waals surface area contributed by atoms with Gasteiger partial charge < -0.3 is 5.73 Å². The number of rotatable bonds is 1. The molecule has 0 radical (unpaired) electrons. The van der Waals surface area contributed by atoms with Crippen LogP contribution < -0.4 is 5.73 Å². The zero-order chi connectivity index (χ0) is 13.5. The summed E-state index contributed by atoms with van der Waals surface area (Å²) in [6.07, 6.45) is 1.79. The molecule has 0 aliphatic carbocycles. The van der Waals surface area contributed by atoms with Crippen molar-refractivity contribution in [3.8, 4) is 5.69 Å². The molecular formula is C16H12N4. The van der Waals surface area contributed by atoms with E-state index in [4.69, 9.17) is 5.73 Å². The van der Waals surface area contributed by atoms with Gasteiger partial charge in [-0.25, -0.2) is 4.98 Å². The summed E-state index contributed by atoms with van der Waals surface area (Å²) in [6, 6.07) is 17.9. The summed E-state index contributed by atoms with van der Waals surface area (Å²) < 4.78 is 1.97. The van der Waals surface area contributed by atoms with Crippen molar-refractivity contribution >= 4 is 27.9 Å². The Balaban J connectivity index is 2.14. The van der Waals surface area contributed by atoms with Crippen molar-refractivity contribution in [2.24, 2.45) is 0 Å². The Morgan fingerprint density at radius 3 is 2.65 bits per heavy atom. The maximum atomic E-state index is 6.11. The predicted octanol–water partition coefficient (Wildman–Crippen LogP) is 3.16. The Hall–Kier alpha value is -2.88. The topological polar surface area (TPSA) is 56.7 Å². The first-order chi connectivity index (χ1) is 9.84. The van der Waals surface area contributed by atoms with Gasteiger partial charge in [0.25, 0.3) is 0 Å². The van der Waals surface area contributed by atoms with Crippen LogP contribution >= 0.6 is 0 Å². The van der Waals surface area contributed by atoms with Crippen LogP contribution in [0, 0.1) is 0 Å². The average molecular weight is 260 g/mol. The summed E-state index contributed by atoms with van der Waals surface area (Å²) in [5, 5.41) is 1.06.